The minimum Gasteiger partial charge on any atom is -0.399 e. The average molecular weight is 261 g/mol. The molecule has 3 N–H and O–H groups in total. The molecule has 16 heavy (non-hydrogen) atoms. The molecular weight excluding hydrogens is 244 g/mol. The molecule has 0 saturated heterocycles. The lowest BCUT2D eigenvalue weighted by atomic mass is 10.2. The van der Waals surface area contributed by atoms with Gasteiger partial charge in [-0.05, 0) is 37.8 Å². The van der Waals surface area contributed by atoms with Gasteiger partial charge in [0.05, 0.1) is 5.25 Å². The standard InChI is InChI=1S/C11H16N2OS.ClH/c1-7-4-5-9(12)6-10(7)13-11(14)8(2)15-3;/h4-6,8H,12H2,1-3H3,(H,13,14);1H. The minimum absolute atomic E-state index is 0. The van der Waals surface area contributed by atoms with E-state index < -0.39 is 0 Å². The minimum atomic E-state index is -0.0502. The molecule has 0 aliphatic carbocycles. The molecule has 0 radical (unpaired) electrons. The zero-order valence-electron chi connectivity index (χ0n) is 9.61. The molecule has 0 saturated carbocycles. The Balaban J connectivity index is 0.00000225. The third kappa shape index (κ3) is 3.94. The van der Waals surface area contributed by atoms with Gasteiger partial charge in [-0.1, -0.05) is 6.07 Å². The van der Waals surface area contributed by atoms with Gasteiger partial charge < -0.3 is 11.1 Å². The van der Waals surface area contributed by atoms with Crippen molar-refractivity contribution in [2.75, 3.05) is 17.3 Å². The Bertz CT molecular complexity index is 371. The van der Waals surface area contributed by atoms with Crippen molar-refractivity contribution in [3.63, 3.8) is 0 Å². The van der Waals surface area contributed by atoms with Gasteiger partial charge >= 0.3 is 0 Å². The summed E-state index contributed by atoms with van der Waals surface area (Å²) in [6, 6.07) is 5.50. The van der Waals surface area contributed by atoms with Gasteiger partial charge in [0.1, 0.15) is 0 Å². The Morgan fingerprint density at radius 2 is 2.12 bits per heavy atom. The number of anilines is 2. The Labute approximate surface area is 107 Å². The van der Waals surface area contributed by atoms with Gasteiger partial charge in [-0.25, -0.2) is 0 Å². The highest BCUT2D eigenvalue weighted by atomic mass is 35.5. The number of hydrogen-bond acceptors (Lipinski definition) is 3. The molecule has 0 heterocycles. The first-order valence-corrected chi connectivity index (χ1v) is 6.03. The second-order valence-electron chi connectivity index (χ2n) is 3.44. The summed E-state index contributed by atoms with van der Waals surface area (Å²) in [5, 5.41) is 2.81. The van der Waals surface area contributed by atoms with E-state index in [0.717, 1.165) is 11.3 Å². The molecule has 3 nitrogen and oxygen atoms in total. The lowest BCUT2D eigenvalue weighted by Gasteiger charge is -2.12. The van der Waals surface area contributed by atoms with Crippen LogP contribution in [0.2, 0.25) is 0 Å². The topological polar surface area (TPSA) is 55.1 Å². The van der Waals surface area contributed by atoms with Gasteiger partial charge in [0.2, 0.25) is 5.91 Å². The van der Waals surface area contributed by atoms with E-state index in [2.05, 4.69) is 5.32 Å². The summed E-state index contributed by atoms with van der Waals surface area (Å²) in [6.07, 6.45) is 1.91. The van der Waals surface area contributed by atoms with Crippen molar-refractivity contribution in [2.45, 2.75) is 19.1 Å². The normalized spacial score (nSPS) is 11.4. The van der Waals surface area contributed by atoms with Gasteiger partial charge in [-0.2, -0.15) is 11.8 Å². The van der Waals surface area contributed by atoms with Crippen molar-refractivity contribution < 1.29 is 4.79 Å². The molecule has 1 amide bonds. The number of halogens is 1. The number of amides is 1. The van der Waals surface area contributed by atoms with E-state index >= 15 is 0 Å². The Kier molecular flexibility index (Phi) is 6.29. The summed E-state index contributed by atoms with van der Waals surface area (Å²) < 4.78 is 0. The molecule has 0 bridgehead atoms. The maximum Gasteiger partial charge on any atom is 0.237 e. The van der Waals surface area contributed by atoms with Crippen molar-refractivity contribution in [1.29, 1.82) is 0 Å². The maximum absolute atomic E-state index is 11.6. The van der Waals surface area contributed by atoms with Crippen LogP contribution in [0.4, 0.5) is 11.4 Å². The van der Waals surface area contributed by atoms with E-state index in [1.54, 1.807) is 6.07 Å². The van der Waals surface area contributed by atoms with Gasteiger partial charge in [-0.3, -0.25) is 4.79 Å². The third-order valence-corrected chi connectivity index (χ3v) is 3.16. The highest BCUT2D eigenvalue weighted by Gasteiger charge is 2.12. The van der Waals surface area contributed by atoms with Gasteiger partial charge in [0, 0.05) is 11.4 Å². The zero-order chi connectivity index (χ0) is 11.4. The van der Waals surface area contributed by atoms with Crippen LogP contribution in [0.25, 0.3) is 0 Å². The first kappa shape index (κ1) is 15.1. The number of carbonyl (C=O) groups excluding carboxylic acids is 1. The monoisotopic (exact) mass is 260 g/mol. The Morgan fingerprint density at radius 1 is 1.50 bits per heavy atom. The molecule has 5 heteroatoms. The van der Waals surface area contributed by atoms with Crippen LogP contribution >= 0.6 is 24.2 Å². The molecule has 0 aliphatic rings. The molecular formula is C11H17ClN2OS. The summed E-state index contributed by atoms with van der Waals surface area (Å²) in [7, 11) is 0. The van der Waals surface area contributed by atoms with Gasteiger partial charge in [0.25, 0.3) is 0 Å². The fourth-order valence-corrected chi connectivity index (χ4v) is 1.39. The second kappa shape index (κ2) is 6.66. The fourth-order valence-electron chi connectivity index (χ4n) is 1.12. The smallest absolute Gasteiger partial charge is 0.237 e. The van der Waals surface area contributed by atoms with Crippen LogP contribution in [-0.4, -0.2) is 17.4 Å². The molecule has 0 aromatic heterocycles. The molecule has 0 aliphatic heterocycles. The summed E-state index contributed by atoms with van der Waals surface area (Å²) in [5.41, 5.74) is 8.13. The first-order chi connectivity index (χ1) is 7.04. The SMILES string of the molecule is CSC(C)C(=O)Nc1cc(N)ccc1C.Cl. The summed E-state index contributed by atoms with van der Waals surface area (Å²) in [6.45, 7) is 3.82. The lowest BCUT2D eigenvalue weighted by Crippen LogP contribution is -2.22. The van der Waals surface area contributed by atoms with Crippen molar-refractivity contribution in [2.24, 2.45) is 0 Å². The van der Waals surface area contributed by atoms with E-state index in [9.17, 15) is 4.79 Å². The van der Waals surface area contributed by atoms with E-state index in [1.807, 2.05) is 32.2 Å². The number of carbonyl (C=O) groups is 1. The largest absolute Gasteiger partial charge is 0.399 e. The van der Waals surface area contributed by atoms with Gasteiger partial charge in [0.15, 0.2) is 0 Å². The van der Waals surface area contributed by atoms with E-state index in [1.165, 1.54) is 11.8 Å². The first-order valence-electron chi connectivity index (χ1n) is 4.74. The molecule has 1 atom stereocenters. The molecule has 1 aromatic carbocycles. The number of nitrogens with two attached hydrogens (primary N) is 1. The van der Waals surface area contributed by atoms with Gasteiger partial charge in [-0.15, -0.1) is 12.4 Å². The van der Waals surface area contributed by atoms with Crippen molar-refractivity contribution in [1.82, 2.24) is 0 Å². The molecule has 0 fully saturated rings. The van der Waals surface area contributed by atoms with Crippen molar-refractivity contribution >= 4 is 41.5 Å². The number of thioether (sulfide) groups is 1. The van der Waals surface area contributed by atoms with Crippen molar-refractivity contribution in [3.8, 4) is 0 Å². The number of rotatable bonds is 3. The van der Waals surface area contributed by atoms with Crippen LogP contribution in [0, 0.1) is 6.92 Å². The molecule has 0 spiro atoms. The van der Waals surface area contributed by atoms with Crippen molar-refractivity contribution in [3.05, 3.63) is 23.8 Å². The van der Waals surface area contributed by atoms with E-state index in [4.69, 9.17) is 5.73 Å². The maximum atomic E-state index is 11.6. The summed E-state index contributed by atoms with van der Waals surface area (Å²) >= 11 is 1.52. The fraction of sp³-hybridized carbons (Fsp3) is 0.364. The molecule has 1 unspecified atom stereocenters. The van der Waals surface area contributed by atoms with Crippen LogP contribution in [0.1, 0.15) is 12.5 Å². The lowest BCUT2D eigenvalue weighted by molar-refractivity contribution is -0.115. The predicted molar refractivity (Wildman–Crippen MR) is 74.4 cm³/mol. The molecule has 1 rings (SSSR count). The van der Waals surface area contributed by atoms with E-state index in [0.29, 0.717) is 5.69 Å². The third-order valence-electron chi connectivity index (χ3n) is 2.24. The van der Waals surface area contributed by atoms with Crippen LogP contribution in [0.15, 0.2) is 18.2 Å². The molecule has 90 valence electrons. The number of benzene rings is 1. The second-order valence-corrected chi connectivity index (χ2v) is 4.62. The quantitative estimate of drug-likeness (QED) is 0.822. The Morgan fingerprint density at radius 3 is 2.69 bits per heavy atom. The molecule has 1 aromatic rings. The average Bonchev–Trinajstić information content (AvgIpc) is 2.22. The zero-order valence-corrected chi connectivity index (χ0v) is 11.2. The number of aryl methyl sites for hydroxylation is 1. The van der Waals surface area contributed by atoms with E-state index in [-0.39, 0.29) is 23.6 Å². The highest BCUT2D eigenvalue weighted by Crippen LogP contribution is 2.19. The van der Waals surface area contributed by atoms with Crippen LogP contribution in [0.5, 0.6) is 0 Å². The highest BCUT2D eigenvalue weighted by molar-refractivity contribution is 7.99. The number of hydrogen-bond donors (Lipinski definition) is 2. The van der Waals surface area contributed by atoms with Crippen LogP contribution in [0.3, 0.4) is 0 Å². The predicted octanol–water partition coefficient (Wildman–Crippen LogP) is 2.69. The van der Waals surface area contributed by atoms with Crippen LogP contribution < -0.4 is 11.1 Å². The number of nitrogen functional groups attached to an aromatic ring is 1. The van der Waals surface area contributed by atoms with Crippen LogP contribution in [-0.2, 0) is 4.79 Å². The summed E-state index contributed by atoms with van der Waals surface area (Å²) in [4.78, 5) is 11.6. The summed E-state index contributed by atoms with van der Waals surface area (Å²) in [5.74, 6) is 0.0104. The Hall–Kier alpha value is -0.870. The number of nitrogens with one attached hydrogen (secondary N) is 1.